The van der Waals surface area contributed by atoms with Crippen molar-refractivity contribution in [3.8, 4) is 0 Å². The van der Waals surface area contributed by atoms with E-state index in [1.165, 1.54) is 14.1 Å². The first-order chi connectivity index (χ1) is 17.9. The lowest BCUT2D eigenvalue weighted by atomic mass is 9.99. The Morgan fingerprint density at radius 1 is 0.865 bits per heavy atom. The topological polar surface area (TPSA) is 60.9 Å². The lowest BCUT2D eigenvalue weighted by Gasteiger charge is -2.36. The van der Waals surface area contributed by atoms with Gasteiger partial charge >= 0.3 is 0 Å². The van der Waals surface area contributed by atoms with E-state index in [1.807, 2.05) is 36.4 Å². The monoisotopic (exact) mass is 535 g/mol. The van der Waals surface area contributed by atoms with Crippen molar-refractivity contribution in [3.05, 3.63) is 78.4 Å². The van der Waals surface area contributed by atoms with Crippen LogP contribution in [0.2, 0.25) is 0 Å². The smallest absolute Gasteiger partial charge is 0.243 e. The van der Waals surface area contributed by atoms with Crippen molar-refractivity contribution in [2.24, 2.45) is 0 Å². The molecule has 1 amide bonds. The van der Waals surface area contributed by atoms with Crippen molar-refractivity contribution in [2.75, 3.05) is 37.6 Å². The Hall–Kier alpha value is -2.81. The Labute approximate surface area is 224 Å². The molecule has 0 radical (unpaired) electrons. The highest BCUT2D eigenvalue weighted by atomic mass is 32.2. The van der Waals surface area contributed by atoms with E-state index in [0.717, 1.165) is 23.4 Å². The minimum atomic E-state index is -3.57. The van der Waals surface area contributed by atoms with Crippen LogP contribution in [0.1, 0.15) is 38.2 Å². The standard InChI is InChI=1S/C29H33N3O3S2/c1-3-22(2)23-12-14-24(15-13-23)37(34,35)31-20-18-30(19-21-31)29(33)16-17-32-25-8-4-6-10-27(25)36-28-11-7-5-9-26(28)32/h4-15,22H,3,16-21H2,1-2H3. The molecule has 0 aromatic heterocycles. The molecule has 0 N–H and O–H groups in total. The Kier molecular flexibility index (Phi) is 7.60. The second-order valence-corrected chi connectivity index (χ2v) is 12.6. The molecule has 0 aliphatic carbocycles. The van der Waals surface area contributed by atoms with Crippen LogP contribution in [0.5, 0.6) is 0 Å². The molecule has 0 bridgehead atoms. The average molecular weight is 536 g/mol. The number of fused-ring (bicyclic) bond motifs is 2. The number of carbonyl (C=O) groups excluding carboxylic acids is 1. The van der Waals surface area contributed by atoms with Gasteiger partial charge in [0.2, 0.25) is 15.9 Å². The summed E-state index contributed by atoms with van der Waals surface area (Å²) in [5.74, 6) is 0.458. The lowest BCUT2D eigenvalue weighted by Crippen LogP contribution is -2.50. The third-order valence-corrected chi connectivity index (χ3v) is 10.4. The number of rotatable bonds is 7. The zero-order valence-corrected chi connectivity index (χ0v) is 23.0. The third kappa shape index (κ3) is 5.28. The van der Waals surface area contributed by atoms with E-state index < -0.39 is 10.0 Å². The Bertz CT molecular complexity index is 1320. The average Bonchev–Trinajstić information content (AvgIpc) is 2.94. The fourth-order valence-electron chi connectivity index (χ4n) is 4.92. The summed E-state index contributed by atoms with van der Waals surface area (Å²) in [6, 6.07) is 23.8. The van der Waals surface area contributed by atoms with Gasteiger partial charge in [0.15, 0.2) is 0 Å². The number of anilines is 2. The van der Waals surface area contributed by atoms with Gasteiger partial charge in [0, 0.05) is 48.9 Å². The molecule has 1 saturated heterocycles. The number of hydrogen-bond donors (Lipinski definition) is 0. The molecule has 3 aromatic rings. The van der Waals surface area contributed by atoms with Crippen molar-refractivity contribution < 1.29 is 13.2 Å². The summed E-state index contributed by atoms with van der Waals surface area (Å²) in [4.78, 5) is 19.9. The molecule has 37 heavy (non-hydrogen) atoms. The first kappa shape index (κ1) is 25.8. The van der Waals surface area contributed by atoms with Gasteiger partial charge in [-0.1, -0.05) is 62.0 Å². The predicted molar refractivity (Wildman–Crippen MR) is 149 cm³/mol. The molecule has 2 aliphatic rings. The molecule has 1 fully saturated rings. The Morgan fingerprint density at radius 2 is 1.43 bits per heavy atom. The second-order valence-electron chi connectivity index (χ2n) is 9.60. The molecule has 8 heteroatoms. The molecule has 5 rings (SSSR count). The summed E-state index contributed by atoms with van der Waals surface area (Å²) in [6.45, 7) is 6.29. The molecule has 0 saturated carbocycles. The molecular formula is C29H33N3O3S2. The van der Waals surface area contributed by atoms with E-state index in [4.69, 9.17) is 0 Å². The Morgan fingerprint density at radius 3 is 2.00 bits per heavy atom. The van der Waals surface area contributed by atoms with Crippen molar-refractivity contribution in [1.82, 2.24) is 9.21 Å². The van der Waals surface area contributed by atoms with Crippen molar-refractivity contribution in [2.45, 2.75) is 47.3 Å². The van der Waals surface area contributed by atoms with E-state index in [0.29, 0.717) is 50.0 Å². The van der Waals surface area contributed by atoms with E-state index in [-0.39, 0.29) is 5.91 Å². The van der Waals surface area contributed by atoms with Crippen LogP contribution in [-0.4, -0.2) is 56.3 Å². The fourth-order valence-corrected chi connectivity index (χ4v) is 7.44. The summed E-state index contributed by atoms with van der Waals surface area (Å²) in [5, 5.41) is 0. The van der Waals surface area contributed by atoms with Crippen LogP contribution in [0, 0.1) is 0 Å². The van der Waals surface area contributed by atoms with Crippen molar-refractivity contribution >= 4 is 39.1 Å². The molecule has 194 valence electrons. The normalized spacial score (nSPS) is 16.7. The van der Waals surface area contributed by atoms with Gasteiger partial charge in [-0.3, -0.25) is 4.79 Å². The SMILES string of the molecule is CCC(C)c1ccc(S(=O)(=O)N2CCN(C(=O)CCN3c4ccccc4Sc4ccccc43)CC2)cc1. The number of amides is 1. The van der Waals surface area contributed by atoms with Gasteiger partial charge < -0.3 is 9.80 Å². The Balaban J connectivity index is 1.21. The molecule has 0 spiro atoms. The van der Waals surface area contributed by atoms with E-state index >= 15 is 0 Å². The number of sulfonamides is 1. The van der Waals surface area contributed by atoms with Gasteiger partial charge in [0.25, 0.3) is 0 Å². The first-order valence-electron chi connectivity index (χ1n) is 12.9. The second kappa shape index (κ2) is 10.9. The van der Waals surface area contributed by atoms with Gasteiger partial charge in [-0.2, -0.15) is 4.31 Å². The van der Waals surface area contributed by atoms with E-state index in [9.17, 15) is 13.2 Å². The van der Waals surface area contributed by atoms with Crippen LogP contribution >= 0.6 is 11.8 Å². The number of hydrogen-bond acceptors (Lipinski definition) is 5. The highest BCUT2D eigenvalue weighted by molar-refractivity contribution is 7.99. The van der Waals surface area contributed by atoms with Crippen LogP contribution in [0.3, 0.4) is 0 Å². The van der Waals surface area contributed by atoms with Crippen LogP contribution in [0.15, 0.2) is 87.5 Å². The van der Waals surface area contributed by atoms with Crippen LogP contribution in [-0.2, 0) is 14.8 Å². The summed E-state index contributed by atoms with van der Waals surface area (Å²) in [6.07, 6.45) is 1.38. The van der Waals surface area contributed by atoms with Crippen LogP contribution < -0.4 is 4.90 Å². The van der Waals surface area contributed by atoms with Gasteiger partial charge in [0.05, 0.1) is 16.3 Å². The molecule has 1 atom stereocenters. The molecule has 1 unspecified atom stereocenters. The van der Waals surface area contributed by atoms with Crippen molar-refractivity contribution in [1.29, 1.82) is 0 Å². The number of piperazine rings is 1. The zero-order chi connectivity index (χ0) is 26.0. The van der Waals surface area contributed by atoms with Crippen LogP contribution in [0.25, 0.3) is 0 Å². The zero-order valence-electron chi connectivity index (χ0n) is 21.3. The number of para-hydroxylation sites is 2. The summed E-state index contributed by atoms with van der Waals surface area (Å²) in [5.41, 5.74) is 3.39. The predicted octanol–water partition coefficient (Wildman–Crippen LogP) is 5.73. The first-order valence-corrected chi connectivity index (χ1v) is 15.2. The maximum atomic E-state index is 13.2. The minimum Gasteiger partial charge on any atom is -0.340 e. The van der Waals surface area contributed by atoms with Gasteiger partial charge in [-0.05, 0) is 54.3 Å². The van der Waals surface area contributed by atoms with Gasteiger partial charge in [-0.25, -0.2) is 8.42 Å². The molecule has 6 nitrogen and oxygen atoms in total. The molecular weight excluding hydrogens is 502 g/mol. The minimum absolute atomic E-state index is 0.0585. The van der Waals surface area contributed by atoms with E-state index in [2.05, 4.69) is 43.0 Å². The quantitative estimate of drug-likeness (QED) is 0.387. The summed E-state index contributed by atoms with van der Waals surface area (Å²) in [7, 11) is -3.57. The third-order valence-electron chi connectivity index (χ3n) is 7.37. The summed E-state index contributed by atoms with van der Waals surface area (Å²) >= 11 is 1.75. The molecule has 3 aromatic carbocycles. The number of benzene rings is 3. The maximum absolute atomic E-state index is 13.2. The highest BCUT2D eigenvalue weighted by Gasteiger charge is 2.31. The fraction of sp³-hybridized carbons (Fsp3) is 0.345. The largest absolute Gasteiger partial charge is 0.340 e. The van der Waals surface area contributed by atoms with E-state index in [1.54, 1.807) is 28.8 Å². The van der Waals surface area contributed by atoms with Gasteiger partial charge in [0.1, 0.15) is 0 Å². The highest BCUT2D eigenvalue weighted by Crippen LogP contribution is 2.47. The van der Waals surface area contributed by atoms with Gasteiger partial charge in [-0.15, -0.1) is 0 Å². The maximum Gasteiger partial charge on any atom is 0.243 e. The molecule has 2 aliphatic heterocycles. The van der Waals surface area contributed by atoms with Crippen molar-refractivity contribution in [3.63, 3.8) is 0 Å². The summed E-state index contributed by atoms with van der Waals surface area (Å²) < 4.78 is 27.9. The van der Waals surface area contributed by atoms with Crippen LogP contribution in [0.4, 0.5) is 11.4 Å². The molecule has 2 heterocycles. The number of carbonyl (C=O) groups is 1. The lowest BCUT2D eigenvalue weighted by molar-refractivity contribution is -0.132. The number of nitrogens with zero attached hydrogens (tertiary/aromatic N) is 3.